The summed E-state index contributed by atoms with van der Waals surface area (Å²) >= 11 is 6.21. The minimum Gasteiger partial charge on any atom is -0.385 e. The van der Waals surface area contributed by atoms with Crippen LogP contribution in [0.15, 0.2) is 42.5 Å². The molecule has 1 amide bonds. The zero-order valence-corrected chi connectivity index (χ0v) is 16.7. The fraction of sp³-hybridized carbons (Fsp3) is 0.409. The first kappa shape index (κ1) is 19.4. The van der Waals surface area contributed by atoms with Gasteiger partial charge in [0, 0.05) is 49.6 Å². The number of halogens is 2. The molecule has 1 saturated heterocycles. The van der Waals surface area contributed by atoms with Crippen LogP contribution in [0.2, 0.25) is 5.02 Å². The van der Waals surface area contributed by atoms with Crippen LogP contribution in [0.3, 0.4) is 0 Å². The Morgan fingerprint density at radius 2 is 2.04 bits per heavy atom. The fourth-order valence-electron chi connectivity index (χ4n) is 4.51. The molecule has 0 aromatic heterocycles. The maximum Gasteiger partial charge on any atom is 0.239 e. The van der Waals surface area contributed by atoms with Crippen LogP contribution in [0.4, 0.5) is 10.1 Å². The van der Waals surface area contributed by atoms with Crippen molar-refractivity contribution in [2.75, 3.05) is 38.3 Å². The Kier molecular flexibility index (Phi) is 5.41. The number of hydrogen-bond donors (Lipinski definition) is 0. The Morgan fingerprint density at radius 3 is 2.82 bits per heavy atom. The van der Waals surface area contributed by atoms with E-state index in [0.717, 1.165) is 30.6 Å². The molecule has 1 spiro atoms. The number of hydrogen-bond acceptors (Lipinski definition) is 3. The van der Waals surface area contributed by atoms with Crippen molar-refractivity contribution in [3.63, 3.8) is 0 Å². The quantitative estimate of drug-likeness (QED) is 0.684. The number of carbonyl (C=O) groups is 1. The number of amides is 1. The molecule has 0 aliphatic carbocycles. The predicted molar refractivity (Wildman–Crippen MR) is 108 cm³/mol. The third kappa shape index (κ3) is 3.21. The standard InChI is InChI=1S/C22H24ClFN2O2/c1-28-13-5-11-26-20-9-3-2-6-17(20)22(21(26)27)10-12-25(15-22)14-16-18(23)7-4-8-19(16)24/h2-4,6-9H,5,10-15H2,1H3. The van der Waals surface area contributed by atoms with Gasteiger partial charge in [-0.1, -0.05) is 35.9 Å². The normalized spacial score (nSPS) is 21.7. The van der Waals surface area contributed by atoms with Crippen molar-refractivity contribution >= 4 is 23.2 Å². The summed E-state index contributed by atoms with van der Waals surface area (Å²) in [7, 11) is 1.67. The van der Waals surface area contributed by atoms with Crippen LogP contribution in [0.5, 0.6) is 0 Å². The minimum atomic E-state index is -0.554. The average molecular weight is 403 g/mol. The molecule has 1 atom stereocenters. The van der Waals surface area contributed by atoms with Gasteiger partial charge >= 0.3 is 0 Å². The van der Waals surface area contributed by atoms with Crippen molar-refractivity contribution in [3.8, 4) is 0 Å². The number of carbonyl (C=O) groups excluding carboxylic acids is 1. The summed E-state index contributed by atoms with van der Waals surface area (Å²) in [5, 5.41) is 0.431. The largest absolute Gasteiger partial charge is 0.385 e. The van der Waals surface area contributed by atoms with E-state index in [4.69, 9.17) is 16.3 Å². The SMILES string of the molecule is COCCCN1C(=O)C2(CCN(Cc3c(F)cccc3Cl)C2)c2ccccc21. The Labute approximate surface area is 169 Å². The summed E-state index contributed by atoms with van der Waals surface area (Å²) in [5.74, 6) is -0.153. The number of nitrogens with zero attached hydrogens (tertiary/aromatic N) is 2. The zero-order chi connectivity index (χ0) is 19.7. The molecule has 6 heteroatoms. The van der Waals surface area contributed by atoms with Gasteiger partial charge in [-0.25, -0.2) is 4.39 Å². The number of ether oxygens (including phenoxy) is 1. The number of likely N-dealkylation sites (tertiary alicyclic amines) is 1. The average Bonchev–Trinajstić information content (AvgIpc) is 3.21. The van der Waals surface area contributed by atoms with Gasteiger partial charge in [-0.15, -0.1) is 0 Å². The summed E-state index contributed by atoms with van der Waals surface area (Å²) in [6.07, 6.45) is 1.52. The monoisotopic (exact) mass is 402 g/mol. The van der Waals surface area contributed by atoms with E-state index in [9.17, 15) is 9.18 Å². The first-order valence-corrected chi connectivity index (χ1v) is 10.0. The molecule has 2 aromatic carbocycles. The molecule has 1 fully saturated rings. The smallest absolute Gasteiger partial charge is 0.239 e. The first-order chi connectivity index (χ1) is 13.6. The lowest BCUT2D eigenvalue weighted by Crippen LogP contribution is -2.42. The maximum atomic E-state index is 14.2. The van der Waals surface area contributed by atoms with E-state index in [1.165, 1.54) is 6.07 Å². The predicted octanol–water partition coefficient (Wildman–Crippen LogP) is 4.01. The number of fused-ring (bicyclic) bond motifs is 2. The first-order valence-electron chi connectivity index (χ1n) is 9.62. The molecule has 4 nitrogen and oxygen atoms in total. The Morgan fingerprint density at radius 1 is 1.21 bits per heavy atom. The van der Waals surface area contributed by atoms with Crippen LogP contribution in [-0.2, 0) is 21.5 Å². The van der Waals surface area contributed by atoms with E-state index >= 15 is 0 Å². The van der Waals surface area contributed by atoms with Gasteiger partial charge in [0.25, 0.3) is 0 Å². The van der Waals surface area contributed by atoms with E-state index in [2.05, 4.69) is 11.0 Å². The molecular formula is C22H24ClFN2O2. The molecule has 2 heterocycles. The van der Waals surface area contributed by atoms with Gasteiger partial charge in [-0.2, -0.15) is 0 Å². The number of anilines is 1. The highest BCUT2D eigenvalue weighted by molar-refractivity contribution is 6.31. The Bertz CT molecular complexity index is 870. The summed E-state index contributed by atoms with van der Waals surface area (Å²) in [4.78, 5) is 17.5. The summed E-state index contributed by atoms with van der Waals surface area (Å²) in [5.41, 5.74) is 2.02. The summed E-state index contributed by atoms with van der Waals surface area (Å²) < 4.78 is 19.4. The van der Waals surface area contributed by atoms with E-state index < -0.39 is 5.41 Å². The highest BCUT2D eigenvalue weighted by Crippen LogP contribution is 2.47. The molecular weight excluding hydrogens is 379 g/mol. The molecule has 1 unspecified atom stereocenters. The van der Waals surface area contributed by atoms with Crippen LogP contribution in [0.1, 0.15) is 24.0 Å². The van der Waals surface area contributed by atoms with Crippen molar-refractivity contribution in [2.45, 2.75) is 24.8 Å². The van der Waals surface area contributed by atoms with Gasteiger partial charge < -0.3 is 9.64 Å². The van der Waals surface area contributed by atoms with Gasteiger partial charge in [0.2, 0.25) is 5.91 Å². The minimum absolute atomic E-state index is 0.145. The second-order valence-electron chi connectivity index (χ2n) is 7.56. The second-order valence-corrected chi connectivity index (χ2v) is 7.97. The number of para-hydroxylation sites is 1. The van der Waals surface area contributed by atoms with Crippen molar-refractivity contribution in [1.29, 1.82) is 0 Å². The molecule has 2 aliphatic rings. The summed E-state index contributed by atoms with van der Waals surface area (Å²) in [6, 6.07) is 12.8. The van der Waals surface area contributed by atoms with Crippen LogP contribution >= 0.6 is 11.6 Å². The Hall–Kier alpha value is -1.95. The molecule has 4 rings (SSSR count). The van der Waals surface area contributed by atoms with Gasteiger partial charge in [0.05, 0.1) is 5.41 Å². The van der Waals surface area contributed by atoms with Crippen molar-refractivity contribution in [3.05, 3.63) is 64.4 Å². The third-order valence-electron chi connectivity index (χ3n) is 5.89. The van der Waals surface area contributed by atoms with Gasteiger partial charge in [0.1, 0.15) is 5.82 Å². The lowest BCUT2D eigenvalue weighted by atomic mass is 9.81. The van der Waals surface area contributed by atoms with Crippen LogP contribution < -0.4 is 4.90 Å². The molecule has 0 saturated carbocycles. The molecule has 148 valence electrons. The van der Waals surface area contributed by atoms with Gasteiger partial charge in [0.15, 0.2) is 0 Å². The van der Waals surface area contributed by atoms with Crippen molar-refractivity contribution < 1.29 is 13.9 Å². The van der Waals surface area contributed by atoms with Crippen LogP contribution in [0.25, 0.3) is 0 Å². The molecule has 0 N–H and O–H groups in total. The zero-order valence-electron chi connectivity index (χ0n) is 16.0. The van der Waals surface area contributed by atoms with E-state index in [0.29, 0.717) is 36.8 Å². The van der Waals surface area contributed by atoms with E-state index in [-0.39, 0.29) is 11.7 Å². The highest BCUT2D eigenvalue weighted by atomic mass is 35.5. The molecule has 0 bridgehead atoms. The topological polar surface area (TPSA) is 32.8 Å². The highest BCUT2D eigenvalue weighted by Gasteiger charge is 2.53. The van der Waals surface area contributed by atoms with Crippen LogP contribution in [0, 0.1) is 5.82 Å². The van der Waals surface area contributed by atoms with Crippen LogP contribution in [-0.4, -0.2) is 44.2 Å². The second kappa shape index (κ2) is 7.82. The lowest BCUT2D eigenvalue weighted by Gasteiger charge is -2.25. The van der Waals surface area contributed by atoms with Gasteiger partial charge in [-0.3, -0.25) is 9.69 Å². The molecule has 0 radical (unpaired) electrons. The third-order valence-corrected chi connectivity index (χ3v) is 6.24. The Balaban J connectivity index is 1.59. The molecule has 2 aromatic rings. The molecule has 2 aliphatic heterocycles. The van der Waals surface area contributed by atoms with Crippen molar-refractivity contribution in [2.24, 2.45) is 0 Å². The number of rotatable bonds is 6. The summed E-state index contributed by atoms with van der Waals surface area (Å²) in [6.45, 7) is 2.98. The van der Waals surface area contributed by atoms with Gasteiger partial charge in [-0.05, 0) is 43.1 Å². The maximum absolute atomic E-state index is 14.2. The van der Waals surface area contributed by atoms with Crippen molar-refractivity contribution in [1.82, 2.24) is 4.90 Å². The van der Waals surface area contributed by atoms with E-state index in [1.54, 1.807) is 19.2 Å². The molecule has 28 heavy (non-hydrogen) atoms. The van der Waals surface area contributed by atoms with E-state index in [1.807, 2.05) is 23.1 Å². The lowest BCUT2D eigenvalue weighted by molar-refractivity contribution is -0.122. The number of benzene rings is 2. The fourth-order valence-corrected chi connectivity index (χ4v) is 4.73. The number of methoxy groups -OCH3 is 1.